The zero-order valence-electron chi connectivity index (χ0n) is 6.81. The third-order valence-electron chi connectivity index (χ3n) is 2.47. The van der Waals surface area contributed by atoms with E-state index in [-0.39, 0.29) is 43.7 Å². The molecule has 0 aromatic carbocycles. The van der Waals surface area contributed by atoms with E-state index in [1.807, 2.05) is 0 Å². The van der Waals surface area contributed by atoms with Crippen molar-refractivity contribution in [2.45, 2.75) is 18.9 Å². The normalized spacial score (nSPS) is 36.9. The van der Waals surface area contributed by atoms with Gasteiger partial charge >= 0.3 is 0 Å². The SMILES string of the molecule is O=C1C[C@@H](CO)[C@@H](CO)[C@@H](O)C1. The zero-order chi connectivity index (χ0) is 9.14. The van der Waals surface area contributed by atoms with Crippen LogP contribution in [0.3, 0.4) is 0 Å². The number of carbonyl (C=O) groups is 1. The van der Waals surface area contributed by atoms with Gasteiger partial charge in [-0.25, -0.2) is 0 Å². The van der Waals surface area contributed by atoms with Crippen molar-refractivity contribution in [3.63, 3.8) is 0 Å². The number of aliphatic hydroxyl groups excluding tert-OH is 3. The molecule has 12 heavy (non-hydrogen) atoms. The molecular formula is C8H14O4. The summed E-state index contributed by atoms with van der Waals surface area (Å²) < 4.78 is 0. The van der Waals surface area contributed by atoms with Gasteiger partial charge in [-0.15, -0.1) is 0 Å². The van der Waals surface area contributed by atoms with Crippen LogP contribution in [0.5, 0.6) is 0 Å². The van der Waals surface area contributed by atoms with E-state index >= 15 is 0 Å². The van der Waals surface area contributed by atoms with Crippen LogP contribution >= 0.6 is 0 Å². The van der Waals surface area contributed by atoms with Crippen LogP contribution in [0.2, 0.25) is 0 Å². The molecule has 0 saturated heterocycles. The van der Waals surface area contributed by atoms with Gasteiger partial charge in [0.2, 0.25) is 0 Å². The molecule has 3 atom stereocenters. The van der Waals surface area contributed by atoms with Crippen molar-refractivity contribution in [1.82, 2.24) is 0 Å². The molecule has 4 heteroatoms. The van der Waals surface area contributed by atoms with Crippen molar-refractivity contribution in [3.8, 4) is 0 Å². The molecule has 0 aromatic rings. The van der Waals surface area contributed by atoms with E-state index in [0.29, 0.717) is 0 Å². The highest BCUT2D eigenvalue weighted by Crippen LogP contribution is 2.27. The molecule has 0 bridgehead atoms. The minimum absolute atomic E-state index is 0.0359. The van der Waals surface area contributed by atoms with Crippen molar-refractivity contribution < 1.29 is 20.1 Å². The van der Waals surface area contributed by atoms with Crippen LogP contribution in [0.4, 0.5) is 0 Å². The van der Waals surface area contributed by atoms with Gasteiger partial charge in [-0.3, -0.25) is 4.79 Å². The molecule has 0 radical (unpaired) electrons. The first kappa shape index (κ1) is 9.64. The predicted octanol–water partition coefficient (Wildman–Crippen LogP) is -1.07. The molecule has 0 aliphatic heterocycles. The maximum Gasteiger partial charge on any atom is 0.135 e. The van der Waals surface area contributed by atoms with Gasteiger partial charge in [0, 0.05) is 32.0 Å². The maximum atomic E-state index is 11.0. The molecule has 1 aliphatic carbocycles. The van der Waals surface area contributed by atoms with E-state index in [0.717, 1.165) is 0 Å². The molecule has 1 rings (SSSR count). The molecule has 0 amide bonds. The molecule has 1 aliphatic rings. The lowest BCUT2D eigenvalue weighted by molar-refractivity contribution is -0.130. The van der Waals surface area contributed by atoms with E-state index < -0.39 is 6.10 Å². The highest BCUT2D eigenvalue weighted by molar-refractivity contribution is 5.80. The van der Waals surface area contributed by atoms with Crippen molar-refractivity contribution >= 4 is 5.78 Å². The quantitative estimate of drug-likeness (QED) is 0.498. The second-order valence-electron chi connectivity index (χ2n) is 3.30. The third kappa shape index (κ3) is 1.83. The lowest BCUT2D eigenvalue weighted by Crippen LogP contribution is -2.40. The summed E-state index contributed by atoms with van der Waals surface area (Å²) in [6.45, 7) is -0.312. The zero-order valence-corrected chi connectivity index (χ0v) is 6.81. The van der Waals surface area contributed by atoms with Crippen molar-refractivity contribution in [2.75, 3.05) is 13.2 Å². The Morgan fingerprint density at radius 1 is 1.25 bits per heavy atom. The van der Waals surface area contributed by atoms with Gasteiger partial charge in [-0.2, -0.15) is 0 Å². The fourth-order valence-electron chi connectivity index (χ4n) is 1.70. The summed E-state index contributed by atoms with van der Waals surface area (Å²) in [6.07, 6.45) is -0.394. The monoisotopic (exact) mass is 174 g/mol. The Morgan fingerprint density at radius 2 is 1.92 bits per heavy atom. The Morgan fingerprint density at radius 3 is 2.42 bits per heavy atom. The maximum absolute atomic E-state index is 11.0. The van der Waals surface area contributed by atoms with Crippen LogP contribution in [-0.2, 0) is 4.79 Å². The van der Waals surface area contributed by atoms with E-state index in [4.69, 9.17) is 10.2 Å². The van der Waals surface area contributed by atoms with Crippen LogP contribution in [0, 0.1) is 11.8 Å². The lowest BCUT2D eigenvalue weighted by Gasteiger charge is -2.32. The number of hydrogen-bond acceptors (Lipinski definition) is 4. The molecule has 3 N–H and O–H groups in total. The average molecular weight is 174 g/mol. The Balaban J connectivity index is 2.62. The highest BCUT2D eigenvalue weighted by Gasteiger charge is 2.34. The summed E-state index contributed by atoms with van der Waals surface area (Å²) in [4.78, 5) is 11.0. The van der Waals surface area contributed by atoms with E-state index in [9.17, 15) is 9.90 Å². The van der Waals surface area contributed by atoms with Crippen molar-refractivity contribution in [3.05, 3.63) is 0 Å². The van der Waals surface area contributed by atoms with Gasteiger partial charge in [0.1, 0.15) is 5.78 Å². The second-order valence-corrected chi connectivity index (χ2v) is 3.30. The van der Waals surface area contributed by atoms with Gasteiger partial charge in [0.15, 0.2) is 0 Å². The van der Waals surface area contributed by atoms with E-state index in [1.165, 1.54) is 0 Å². The first-order valence-electron chi connectivity index (χ1n) is 4.10. The van der Waals surface area contributed by atoms with Crippen molar-refractivity contribution in [1.29, 1.82) is 0 Å². The van der Waals surface area contributed by atoms with Gasteiger partial charge in [-0.1, -0.05) is 0 Å². The van der Waals surface area contributed by atoms with E-state index in [2.05, 4.69) is 0 Å². The Kier molecular flexibility index (Phi) is 3.20. The molecule has 0 unspecified atom stereocenters. The summed E-state index contributed by atoms with van der Waals surface area (Å²) in [6, 6.07) is 0. The number of aliphatic hydroxyl groups is 3. The summed E-state index contributed by atoms with van der Waals surface area (Å²) in [7, 11) is 0. The first-order valence-corrected chi connectivity index (χ1v) is 4.10. The van der Waals surface area contributed by atoms with Gasteiger partial charge < -0.3 is 15.3 Å². The fraction of sp³-hybridized carbons (Fsp3) is 0.875. The lowest BCUT2D eigenvalue weighted by atomic mass is 9.77. The Hall–Kier alpha value is -0.450. The Bertz CT molecular complexity index is 168. The minimum atomic E-state index is -0.784. The molecule has 4 nitrogen and oxygen atoms in total. The summed E-state index contributed by atoms with van der Waals surface area (Å²) in [5.74, 6) is -0.648. The van der Waals surface area contributed by atoms with Crippen LogP contribution in [0.25, 0.3) is 0 Å². The van der Waals surface area contributed by atoms with Crippen LogP contribution in [-0.4, -0.2) is 40.4 Å². The van der Waals surface area contributed by atoms with Crippen LogP contribution in [0.1, 0.15) is 12.8 Å². The number of ketones is 1. The number of rotatable bonds is 2. The molecule has 1 saturated carbocycles. The summed E-state index contributed by atoms with van der Waals surface area (Å²) in [5.41, 5.74) is 0. The van der Waals surface area contributed by atoms with Crippen molar-refractivity contribution in [2.24, 2.45) is 11.8 Å². The second kappa shape index (κ2) is 3.98. The third-order valence-corrected chi connectivity index (χ3v) is 2.47. The van der Waals surface area contributed by atoms with Gasteiger partial charge in [-0.05, 0) is 5.92 Å². The van der Waals surface area contributed by atoms with Gasteiger partial charge in [0.05, 0.1) is 6.10 Å². The molecule has 70 valence electrons. The summed E-state index contributed by atoms with van der Waals surface area (Å²) in [5, 5.41) is 27.1. The summed E-state index contributed by atoms with van der Waals surface area (Å²) >= 11 is 0. The number of hydrogen-bond donors (Lipinski definition) is 3. The smallest absolute Gasteiger partial charge is 0.135 e. The van der Waals surface area contributed by atoms with Crippen LogP contribution in [0.15, 0.2) is 0 Å². The topological polar surface area (TPSA) is 77.8 Å². The largest absolute Gasteiger partial charge is 0.396 e. The standard InChI is InChI=1S/C8H14O4/c9-3-5-1-6(11)2-8(12)7(5)4-10/h5,7-10,12H,1-4H2/t5-,7+,8-/m0/s1. The predicted molar refractivity (Wildman–Crippen MR) is 41.4 cm³/mol. The number of carbonyl (C=O) groups excluding carboxylic acids is 1. The first-order chi connectivity index (χ1) is 5.69. The molecule has 0 spiro atoms. The van der Waals surface area contributed by atoms with E-state index in [1.54, 1.807) is 0 Å². The molecule has 0 aromatic heterocycles. The minimum Gasteiger partial charge on any atom is -0.396 e. The molecule has 0 heterocycles. The average Bonchev–Trinajstić information content (AvgIpc) is 2.03. The molecule has 1 fully saturated rings. The van der Waals surface area contributed by atoms with Crippen LogP contribution < -0.4 is 0 Å². The van der Waals surface area contributed by atoms with Gasteiger partial charge in [0.25, 0.3) is 0 Å². The Labute approximate surface area is 70.8 Å². The highest BCUT2D eigenvalue weighted by atomic mass is 16.3. The fourth-order valence-corrected chi connectivity index (χ4v) is 1.70. The number of Topliss-reactive ketones (excluding diaryl/α,β-unsaturated/α-hetero) is 1. The molecular weight excluding hydrogens is 160 g/mol.